The second-order valence-corrected chi connectivity index (χ2v) is 4.60. The molecule has 0 aliphatic heterocycles. The van der Waals surface area contributed by atoms with E-state index in [2.05, 4.69) is 15.3 Å². The van der Waals surface area contributed by atoms with Crippen molar-refractivity contribution < 1.29 is 13.2 Å². The lowest BCUT2D eigenvalue weighted by molar-refractivity contribution is -0.137. The highest BCUT2D eigenvalue weighted by Gasteiger charge is 2.33. The fraction of sp³-hybridized carbons (Fsp3) is 0.231. The molecule has 106 valence electrons. The summed E-state index contributed by atoms with van der Waals surface area (Å²) >= 11 is 5.56. The quantitative estimate of drug-likeness (QED) is 0.917. The smallest absolute Gasteiger partial charge is 0.377 e. The highest BCUT2D eigenvalue weighted by molar-refractivity contribution is 6.31. The summed E-state index contributed by atoms with van der Waals surface area (Å²) in [5, 5.41) is 2.61. The molecule has 20 heavy (non-hydrogen) atoms. The summed E-state index contributed by atoms with van der Waals surface area (Å²) in [6.45, 7) is 1.78. The third kappa shape index (κ3) is 3.39. The van der Waals surface area contributed by atoms with Crippen molar-refractivity contribution in [1.29, 1.82) is 0 Å². The van der Waals surface area contributed by atoms with Crippen LogP contribution in [0.2, 0.25) is 5.02 Å². The van der Waals surface area contributed by atoms with Gasteiger partial charge < -0.3 is 5.32 Å². The van der Waals surface area contributed by atoms with Crippen LogP contribution in [0.5, 0.6) is 0 Å². The Bertz CT molecular complexity index is 587. The molecule has 1 heterocycles. The number of hydrogen-bond acceptors (Lipinski definition) is 3. The Labute approximate surface area is 118 Å². The first-order chi connectivity index (χ1) is 9.38. The van der Waals surface area contributed by atoms with Crippen LogP contribution in [0.1, 0.15) is 24.2 Å². The van der Waals surface area contributed by atoms with Crippen LogP contribution in [0, 0.1) is 0 Å². The maximum absolute atomic E-state index is 12.8. The number of aromatic nitrogens is 2. The maximum atomic E-state index is 12.8. The lowest BCUT2D eigenvalue weighted by Gasteiger charge is -2.16. The molecule has 1 aromatic heterocycles. The van der Waals surface area contributed by atoms with Crippen molar-refractivity contribution in [1.82, 2.24) is 9.97 Å². The number of anilines is 1. The van der Waals surface area contributed by atoms with Crippen LogP contribution in [0.4, 0.5) is 18.9 Å². The molecule has 2 rings (SSSR count). The SMILES string of the molecule is CC(Nc1ccc(Cl)c(C(F)(F)F)c1)c1cnccn1. The van der Waals surface area contributed by atoms with Gasteiger partial charge >= 0.3 is 6.18 Å². The number of halogens is 4. The number of rotatable bonds is 3. The van der Waals surface area contributed by atoms with Crippen LogP contribution in [0.3, 0.4) is 0 Å². The zero-order valence-corrected chi connectivity index (χ0v) is 11.2. The first-order valence-corrected chi connectivity index (χ1v) is 6.15. The predicted octanol–water partition coefficient (Wildman–Crippen LogP) is 4.32. The minimum Gasteiger partial charge on any atom is -0.377 e. The lowest BCUT2D eigenvalue weighted by atomic mass is 10.1. The Morgan fingerprint density at radius 2 is 2.00 bits per heavy atom. The summed E-state index contributed by atoms with van der Waals surface area (Å²) in [6.07, 6.45) is 0.125. The Hall–Kier alpha value is -1.82. The van der Waals surface area contributed by atoms with Gasteiger partial charge in [0.25, 0.3) is 0 Å². The molecule has 2 aromatic rings. The molecule has 0 aliphatic rings. The predicted molar refractivity (Wildman–Crippen MR) is 70.5 cm³/mol. The van der Waals surface area contributed by atoms with Gasteiger partial charge in [-0.05, 0) is 25.1 Å². The molecule has 0 radical (unpaired) electrons. The zero-order chi connectivity index (χ0) is 14.8. The third-order valence-electron chi connectivity index (χ3n) is 2.68. The van der Waals surface area contributed by atoms with Crippen LogP contribution in [0.15, 0.2) is 36.8 Å². The molecule has 0 bridgehead atoms. The topological polar surface area (TPSA) is 37.8 Å². The number of alkyl halides is 3. The van der Waals surface area contributed by atoms with E-state index in [4.69, 9.17) is 11.6 Å². The number of nitrogens with one attached hydrogen (secondary N) is 1. The Balaban J connectivity index is 2.22. The van der Waals surface area contributed by atoms with E-state index in [1.54, 1.807) is 13.1 Å². The Morgan fingerprint density at radius 1 is 1.25 bits per heavy atom. The largest absolute Gasteiger partial charge is 0.417 e. The molecule has 1 aromatic carbocycles. The van der Waals surface area contributed by atoms with Crippen LogP contribution in [-0.4, -0.2) is 9.97 Å². The van der Waals surface area contributed by atoms with Crippen molar-refractivity contribution in [3.05, 3.63) is 53.1 Å². The van der Waals surface area contributed by atoms with Crippen LogP contribution >= 0.6 is 11.6 Å². The van der Waals surface area contributed by atoms with E-state index >= 15 is 0 Å². The Morgan fingerprint density at radius 3 is 2.60 bits per heavy atom. The minimum absolute atomic E-state index is 0.272. The van der Waals surface area contributed by atoms with Crippen molar-refractivity contribution in [2.75, 3.05) is 5.32 Å². The van der Waals surface area contributed by atoms with E-state index < -0.39 is 11.7 Å². The first kappa shape index (κ1) is 14.6. The molecular weight excluding hydrogens is 291 g/mol. The zero-order valence-electron chi connectivity index (χ0n) is 10.4. The molecule has 0 saturated carbocycles. The summed E-state index contributed by atoms with van der Waals surface area (Å²) in [5.41, 5.74) is 0.0893. The van der Waals surface area contributed by atoms with Gasteiger partial charge in [-0.3, -0.25) is 9.97 Å². The number of benzene rings is 1. The second-order valence-electron chi connectivity index (χ2n) is 4.19. The van der Waals surface area contributed by atoms with E-state index in [-0.39, 0.29) is 11.1 Å². The highest BCUT2D eigenvalue weighted by atomic mass is 35.5. The molecule has 0 aliphatic carbocycles. The summed E-state index contributed by atoms with van der Waals surface area (Å²) < 4.78 is 38.3. The molecule has 0 amide bonds. The molecule has 1 atom stereocenters. The third-order valence-corrected chi connectivity index (χ3v) is 3.01. The van der Waals surface area contributed by atoms with Gasteiger partial charge in [0.05, 0.1) is 28.5 Å². The second kappa shape index (κ2) is 5.66. The van der Waals surface area contributed by atoms with Gasteiger partial charge in [0.15, 0.2) is 0 Å². The molecule has 0 saturated heterocycles. The Kier molecular flexibility index (Phi) is 4.13. The van der Waals surface area contributed by atoms with Gasteiger partial charge in [0.1, 0.15) is 0 Å². The van der Waals surface area contributed by atoms with E-state index in [1.807, 2.05) is 0 Å². The summed E-state index contributed by atoms with van der Waals surface area (Å²) in [4.78, 5) is 8.00. The standard InChI is InChI=1S/C13H11ClF3N3/c1-8(12-7-18-4-5-19-12)20-9-2-3-11(14)10(6-9)13(15,16)17/h2-8,20H,1H3. The van der Waals surface area contributed by atoms with Gasteiger partial charge in [0, 0.05) is 18.1 Å². The van der Waals surface area contributed by atoms with Gasteiger partial charge in [-0.15, -0.1) is 0 Å². The maximum Gasteiger partial charge on any atom is 0.417 e. The fourth-order valence-electron chi connectivity index (χ4n) is 1.69. The average Bonchev–Trinajstić information content (AvgIpc) is 2.40. The van der Waals surface area contributed by atoms with Crippen molar-refractivity contribution >= 4 is 17.3 Å². The van der Waals surface area contributed by atoms with E-state index in [9.17, 15) is 13.2 Å². The number of nitrogens with zero attached hydrogens (tertiary/aromatic N) is 2. The lowest BCUT2D eigenvalue weighted by Crippen LogP contribution is -2.11. The summed E-state index contributed by atoms with van der Waals surface area (Å²) in [7, 11) is 0. The first-order valence-electron chi connectivity index (χ1n) is 5.77. The summed E-state index contributed by atoms with van der Waals surface area (Å²) in [6, 6.07) is 3.42. The van der Waals surface area contributed by atoms with Crippen molar-refractivity contribution in [3.63, 3.8) is 0 Å². The van der Waals surface area contributed by atoms with E-state index in [0.717, 1.165) is 6.07 Å². The minimum atomic E-state index is -4.48. The normalized spacial score (nSPS) is 13.1. The van der Waals surface area contributed by atoms with Crippen LogP contribution in [0.25, 0.3) is 0 Å². The summed E-state index contributed by atoms with van der Waals surface area (Å²) in [5.74, 6) is 0. The molecular formula is C13H11ClF3N3. The molecule has 7 heteroatoms. The van der Waals surface area contributed by atoms with Gasteiger partial charge in [-0.1, -0.05) is 11.6 Å². The van der Waals surface area contributed by atoms with Gasteiger partial charge in [-0.25, -0.2) is 0 Å². The van der Waals surface area contributed by atoms with E-state index in [0.29, 0.717) is 11.4 Å². The average molecular weight is 302 g/mol. The van der Waals surface area contributed by atoms with Crippen molar-refractivity contribution in [2.45, 2.75) is 19.1 Å². The van der Waals surface area contributed by atoms with Crippen LogP contribution < -0.4 is 5.32 Å². The van der Waals surface area contributed by atoms with Gasteiger partial charge in [-0.2, -0.15) is 13.2 Å². The van der Waals surface area contributed by atoms with Crippen molar-refractivity contribution in [3.8, 4) is 0 Å². The monoisotopic (exact) mass is 301 g/mol. The van der Waals surface area contributed by atoms with Crippen molar-refractivity contribution in [2.24, 2.45) is 0 Å². The van der Waals surface area contributed by atoms with Gasteiger partial charge in [0.2, 0.25) is 0 Å². The highest BCUT2D eigenvalue weighted by Crippen LogP contribution is 2.36. The number of hydrogen-bond donors (Lipinski definition) is 1. The fourth-order valence-corrected chi connectivity index (χ4v) is 1.92. The molecule has 0 spiro atoms. The molecule has 3 nitrogen and oxygen atoms in total. The molecule has 1 unspecified atom stereocenters. The molecule has 0 fully saturated rings. The molecule has 1 N–H and O–H groups in total. The van der Waals surface area contributed by atoms with E-state index in [1.165, 1.54) is 24.5 Å². The van der Waals surface area contributed by atoms with Crippen LogP contribution in [-0.2, 0) is 6.18 Å².